The molecule has 0 atom stereocenters. The van der Waals surface area contributed by atoms with Crippen molar-refractivity contribution in [3.63, 3.8) is 0 Å². The summed E-state index contributed by atoms with van der Waals surface area (Å²) in [4.78, 5) is 22.5. The fourth-order valence-electron chi connectivity index (χ4n) is 1.25. The standard InChI is InChI=1S/C12H13ClN2O2/c1-8(16)15-11(12(17)14-2)7-9-4-3-5-10(13)6-9/h3-7H,1-2H3,(H,14,17)(H,15,16)/b11-7-. The number of hydrogen-bond acceptors (Lipinski definition) is 2. The minimum atomic E-state index is -0.361. The maximum Gasteiger partial charge on any atom is 0.267 e. The largest absolute Gasteiger partial charge is 0.354 e. The number of rotatable bonds is 3. The Morgan fingerprint density at radius 3 is 2.59 bits per heavy atom. The van der Waals surface area contributed by atoms with E-state index in [1.165, 1.54) is 14.0 Å². The van der Waals surface area contributed by atoms with Crippen LogP contribution in [0.4, 0.5) is 0 Å². The predicted octanol–water partition coefficient (Wildman–Crippen LogP) is 1.56. The molecule has 2 N–H and O–H groups in total. The molecule has 0 saturated heterocycles. The minimum absolute atomic E-state index is 0.183. The molecule has 4 nitrogen and oxygen atoms in total. The smallest absolute Gasteiger partial charge is 0.267 e. The van der Waals surface area contributed by atoms with Crippen molar-refractivity contribution in [2.45, 2.75) is 6.92 Å². The normalized spacial score (nSPS) is 10.9. The SMILES string of the molecule is CNC(=O)/C(=C/c1cccc(Cl)c1)NC(C)=O. The zero-order valence-corrected chi connectivity index (χ0v) is 10.3. The second-order valence-corrected chi connectivity index (χ2v) is 3.81. The lowest BCUT2D eigenvalue weighted by molar-refractivity contribution is -0.122. The second kappa shape index (κ2) is 6.06. The highest BCUT2D eigenvalue weighted by Crippen LogP contribution is 2.13. The van der Waals surface area contributed by atoms with Crippen molar-refractivity contribution in [3.8, 4) is 0 Å². The van der Waals surface area contributed by atoms with Gasteiger partial charge in [-0.1, -0.05) is 23.7 Å². The highest BCUT2D eigenvalue weighted by atomic mass is 35.5. The summed E-state index contributed by atoms with van der Waals surface area (Å²) in [6.45, 7) is 1.34. The maximum atomic E-state index is 11.5. The highest BCUT2D eigenvalue weighted by molar-refractivity contribution is 6.30. The number of benzene rings is 1. The molecule has 2 amide bonds. The molecule has 5 heteroatoms. The van der Waals surface area contributed by atoms with Gasteiger partial charge in [0.1, 0.15) is 5.70 Å². The molecule has 0 aromatic heterocycles. The fourth-order valence-corrected chi connectivity index (χ4v) is 1.44. The molecule has 0 spiro atoms. The van der Waals surface area contributed by atoms with Crippen LogP contribution >= 0.6 is 11.6 Å². The third-order valence-corrected chi connectivity index (χ3v) is 2.18. The van der Waals surface area contributed by atoms with Gasteiger partial charge in [-0.25, -0.2) is 0 Å². The van der Waals surface area contributed by atoms with Crippen molar-refractivity contribution >= 4 is 29.5 Å². The fraction of sp³-hybridized carbons (Fsp3) is 0.167. The van der Waals surface area contributed by atoms with Gasteiger partial charge in [0.2, 0.25) is 5.91 Å². The highest BCUT2D eigenvalue weighted by Gasteiger charge is 2.08. The van der Waals surface area contributed by atoms with Crippen molar-refractivity contribution in [2.24, 2.45) is 0 Å². The molecule has 0 saturated carbocycles. The van der Waals surface area contributed by atoms with Crippen molar-refractivity contribution in [1.82, 2.24) is 10.6 Å². The molecule has 90 valence electrons. The first kappa shape index (κ1) is 13.3. The summed E-state index contributed by atoms with van der Waals surface area (Å²) in [6, 6.07) is 6.99. The lowest BCUT2D eigenvalue weighted by atomic mass is 10.2. The quantitative estimate of drug-likeness (QED) is 0.803. The van der Waals surface area contributed by atoms with Crippen LogP contribution in [-0.4, -0.2) is 18.9 Å². The first-order valence-corrected chi connectivity index (χ1v) is 5.37. The number of likely N-dealkylation sites (N-methyl/N-ethyl adjacent to an activating group) is 1. The van der Waals surface area contributed by atoms with E-state index in [1.807, 2.05) is 0 Å². The number of amides is 2. The zero-order valence-electron chi connectivity index (χ0n) is 9.58. The summed E-state index contributed by atoms with van der Waals surface area (Å²) in [5, 5.41) is 5.48. The molecule has 0 aliphatic rings. The predicted molar refractivity (Wildman–Crippen MR) is 67.3 cm³/mol. The van der Waals surface area contributed by atoms with Crippen molar-refractivity contribution < 1.29 is 9.59 Å². The Kier molecular flexibility index (Phi) is 4.72. The average Bonchev–Trinajstić information content (AvgIpc) is 2.26. The van der Waals surface area contributed by atoms with Gasteiger partial charge in [-0.05, 0) is 23.8 Å². The molecule has 17 heavy (non-hydrogen) atoms. The molecule has 1 aromatic rings. The van der Waals surface area contributed by atoms with E-state index >= 15 is 0 Å². The van der Waals surface area contributed by atoms with Crippen LogP contribution in [0.2, 0.25) is 5.02 Å². The summed E-state index contributed by atoms with van der Waals surface area (Å²) in [5.41, 5.74) is 0.923. The second-order valence-electron chi connectivity index (χ2n) is 3.37. The van der Waals surface area contributed by atoms with Gasteiger partial charge in [0.05, 0.1) is 0 Å². The van der Waals surface area contributed by atoms with Gasteiger partial charge in [0, 0.05) is 19.0 Å². The van der Waals surface area contributed by atoms with E-state index in [4.69, 9.17) is 11.6 Å². The van der Waals surface area contributed by atoms with Gasteiger partial charge in [-0.3, -0.25) is 9.59 Å². The van der Waals surface area contributed by atoms with Crippen LogP contribution in [0.15, 0.2) is 30.0 Å². The zero-order chi connectivity index (χ0) is 12.8. The van der Waals surface area contributed by atoms with E-state index in [9.17, 15) is 9.59 Å². The molecule has 0 unspecified atom stereocenters. The monoisotopic (exact) mass is 252 g/mol. The molecule has 0 aliphatic carbocycles. The molecule has 0 bridgehead atoms. The minimum Gasteiger partial charge on any atom is -0.354 e. The van der Waals surface area contributed by atoms with Gasteiger partial charge < -0.3 is 10.6 Å². The molecular weight excluding hydrogens is 240 g/mol. The number of hydrogen-bond donors (Lipinski definition) is 2. The Bertz CT molecular complexity index is 469. The summed E-state index contributed by atoms with van der Waals surface area (Å²) < 4.78 is 0. The molecular formula is C12H13ClN2O2. The number of nitrogens with one attached hydrogen (secondary N) is 2. The Morgan fingerprint density at radius 1 is 1.35 bits per heavy atom. The first-order valence-electron chi connectivity index (χ1n) is 5.00. The Hall–Kier alpha value is -1.81. The van der Waals surface area contributed by atoms with Gasteiger partial charge in [0.15, 0.2) is 0 Å². The van der Waals surface area contributed by atoms with E-state index in [2.05, 4.69) is 10.6 Å². The van der Waals surface area contributed by atoms with Crippen molar-refractivity contribution in [1.29, 1.82) is 0 Å². The lowest BCUT2D eigenvalue weighted by Crippen LogP contribution is -2.31. The van der Waals surface area contributed by atoms with Gasteiger partial charge in [-0.2, -0.15) is 0 Å². The molecule has 0 radical (unpaired) electrons. The van der Waals surface area contributed by atoms with Crippen LogP contribution in [0.5, 0.6) is 0 Å². The molecule has 1 rings (SSSR count). The van der Waals surface area contributed by atoms with Crippen LogP contribution in [0, 0.1) is 0 Å². The van der Waals surface area contributed by atoms with Crippen LogP contribution < -0.4 is 10.6 Å². The molecule has 0 heterocycles. The van der Waals surface area contributed by atoms with Gasteiger partial charge >= 0.3 is 0 Å². The average molecular weight is 253 g/mol. The third kappa shape index (κ3) is 4.28. The van der Waals surface area contributed by atoms with E-state index in [-0.39, 0.29) is 17.5 Å². The first-order chi connectivity index (χ1) is 8.02. The van der Waals surface area contributed by atoms with Crippen LogP contribution in [0.1, 0.15) is 12.5 Å². The third-order valence-electron chi connectivity index (χ3n) is 1.94. The lowest BCUT2D eigenvalue weighted by Gasteiger charge is -2.06. The maximum absolute atomic E-state index is 11.5. The summed E-state index contributed by atoms with van der Waals surface area (Å²) in [7, 11) is 1.50. The van der Waals surface area contributed by atoms with Crippen LogP contribution in [-0.2, 0) is 9.59 Å². The van der Waals surface area contributed by atoms with E-state index in [0.29, 0.717) is 5.02 Å². The molecule has 1 aromatic carbocycles. The van der Waals surface area contributed by atoms with Crippen LogP contribution in [0.25, 0.3) is 6.08 Å². The summed E-state index contributed by atoms with van der Waals surface area (Å²) in [5.74, 6) is -0.665. The van der Waals surface area contributed by atoms with Crippen molar-refractivity contribution in [2.75, 3.05) is 7.05 Å². The Morgan fingerprint density at radius 2 is 2.06 bits per heavy atom. The molecule has 0 aliphatic heterocycles. The van der Waals surface area contributed by atoms with Crippen molar-refractivity contribution in [3.05, 3.63) is 40.5 Å². The Balaban J connectivity index is 3.04. The van der Waals surface area contributed by atoms with Crippen LogP contribution in [0.3, 0.4) is 0 Å². The number of halogens is 1. The summed E-state index contributed by atoms with van der Waals surface area (Å²) >= 11 is 5.83. The van der Waals surface area contributed by atoms with E-state index in [0.717, 1.165) is 5.56 Å². The number of carbonyl (C=O) groups is 2. The van der Waals surface area contributed by atoms with Gasteiger partial charge in [0.25, 0.3) is 5.91 Å². The number of carbonyl (C=O) groups excluding carboxylic acids is 2. The summed E-state index contributed by atoms with van der Waals surface area (Å²) in [6.07, 6.45) is 1.56. The van der Waals surface area contributed by atoms with Gasteiger partial charge in [-0.15, -0.1) is 0 Å². The van der Waals surface area contributed by atoms with E-state index < -0.39 is 0 Å². The van der Waals surface area contributed by atoms with E-state index in [1.54, 1.807) is 30.3 Å². The topological polar surface area (TPSA) is 58.2 Å². The molecule has 0 fully saturated rings. The Labute approximate surface area is 105 Å².